The fraction of sp³-hybridized carbons (Fsp3) is 0.167. The molecule has 0 saturated carbocycles. The smallest absolute Gasteiger partial charge is 0.358 e. The molecule has 0 atom stereocenters. The SMILES string of the molecule is CCOC(=O)c1[nH]cnc1N=C1SC(=CC(=O)O)C(=O)N1Cc1ccccc1. The zero-order valence-electron chi connectivity index (χ0n) is 14.8. The second kappa shape index (κ2) is 8.53. The summed E-state index contributed by atoms with van der Waals surface area (Å²) >= 11 is 0.907. The number of amidine groups is 1. The molecule has 1 aromatic heterocycles. The number of nitrogens with one attached hydrogen (secondary N) is 1. The van der Waals surface area contributed by atoms with Crippen molar-refractivity contribution in [2.75, 3.05) is 6.61 Å². The maximum Gasteiger partial charge on any atom is 0.358 e. The number of aromatic nitrogens is 2. The van der Waals surface area contributed by atoms with Crippen molar-refractivity contribution < 1.29 is 24.2 Å². The number of aliphatic imine (C=N–C) groups is 1. The quantitative estimate of drug-likeness (QED) is 0.563. The number of carboxylic acid groups (broad SMARTS) is 1. The lowest BCUT2D eigenvalue weighted by atomic mass is 10.2. The summed E-state index contributed by atoms with van der Waals surface area (Å²) < 4.78 is 4.95. The Bertz CT molecular complexity index is 967. The van der Waals surface area contributed by atoms with E-state index in [9.17, 15) is 14.4 Å². The molecule has 0 bridgehead atoms. The molecule has 1 aliphatic rings. The van der Waals surface area contributed by atoms with Crippen molar-refractivity contribution in [1.29, 1.82) is 0 Å². The lowest BCUT2D eigenvalue weighted by Gasteiger charge is -2.15. The van der Waals surface area contributed by atoms with Crippen LogP contribution in [0.4, 0.5) is 5.82 Å². The van der Waals surface area contributed by atoms with Crippen LogP contribution in [0, 0.1) is 0 Å². The summed E-state index contributed by atoms with van der Waals surface area (Å²) in [7, 11) is 0. The van der Waals surface area contributed by atoms with Crippen molar-refractivity contribution in [3.63, 3.8) is 0 Å². The first-order chi connectivity index (χ1) is 13.5. The average Bonchev–Trinajstić information content (AvgIpc) is 3.23. The van der Waals surface area contributed by atoms with Gasteiger partial charge in [-0.15, -0.1) is 0 Å². The first-order valence-corrected chi connectivity index (χ1v) is 9.08. The number of esters is 1. The van der Waals surface area contributed by atoms with E-state index in [2.05, 4.69) is 15.0 Å². The van der Waals surface area contributed by atoms with E-state index < -0.39 is 17.8 Å². The maximum absolute atomic E-state index is 12.7. The Morgan fingerprint density at radius 2 is 2.11 bits per heavy atom. The molecule has 28 heavy (non-hydrogen) atoms. The van der Waals surface area contributed by atoms with Crippen molar-refractivity contribution in [2.45, 2.75) is 13.5 Å². The number of carbonyl (C=O) groups is 3. The van der Waals surface area contributed by atoms with E-state index in [0.29, 0.717) is 0 Å². The molecule has 1 amide bonds. The highest BCUT2D eigenvalue weighted by atomic mass is 32.2. The van der Waals surface area contributed by atoms with Gasteiger partial charge >= 0.3 is 11.9 Å². The molecule has 2 aromatic rings. The topological polar surface area (TPSA) is 125 Å². The predicted octanol–water partition coefficient (Wildman–Crippen LogP) is 2.32. The van der Waals surface area contributed by atoms with Crippen LogP contribution in [0.1, 0.15) is 23.0 Å². The van der Waals surface area contributed by atoms with Crippen LogP contribution in [0.5, 0.6) is 0 Å². The largest absolute Gasteiger partial charge is 0.478 e. The number of hydrogen-bond donors (Lipinski definition) is 2. The van der Waals surface area contributed by atoms with Crippen molar-refractivity contribution in [3.05, 3.63) is 58.9 Å². The van der Waals surface area contributed by atoms with Gasteiger partial charge in [-0.2, -0.15) is 0 Å². The molecule has 9 nitrogen and oxygen atoms in total. The third-order valence-electron chi connectivity index (χ3n) is 3.63. The van der Waals surface area contributed by atoms with Crippen LogP contribution >= 0.6 is 11.8 Å². The first-order valence-electron chi connectivity index (χ1n) is 8.27. The molecule has 144 valence electrons. The van der Waals surface area contributed by atoms with Crippen LogP contribution in [-0.4, -0.2) is 49.6 Å². The average molecular weight is 400 g/mol. The van der Waals surface area contributed by atoms with E-state index in [1.165, 1.54) is 11.2 Å². The normalized spacial score (nSPS) is 16.8. The van der Waals surface area contributed by atoms with Gasteiger partial charge in [0.2, 0.25) is 0 Å². The highest BCUT2D eigenvalue weighted by Gasteiger charge is 2.34. The third kappa shape index (κ3) is 4.29. The third-order valence-corrected chi connectivity index (χ3v) is 4.63. The van der Waals surface area contributed by atoms with Crippen LogP contribution in [0.2, 0.25) is 0 Å². The standard InChI is InChI=1S/C18H16N4O5S/c1-2-27-17(26)14-15(20-10-19-14)21-18-22(9-11-6-4-3-5-7-11)16(25)12(28-18)8-13(23)24/h3-8,10H,2,9H2,1H3,(H,19,20)(H,23,24). The Morgan fingerprint density at radius 3 is 2.79 bits per heavy atom. The van der Waals surface area contributed by atoms with E-state index in [0.717, 1.165) is 23.4 Å². The number of rotatable bonds is 6. The predicted molar refractivity (Wildman–Crippen MR) is 102 cm³/mol. The fourth-order valence-electron chi connectivity index (χ4n) is 2.42. The van der Waals surface area contributed by atoms with Crippen molar-refractivity contribution >= 4 is 40.6 Å². The molecule has 1 fully saturated rings. The number of nitrogens with zero attached hydrogens (tertiary/aromatic N) is 3. The number of imidazole rings is 1. The molecule has 1 aliphatic heterocycles. The zero-order valence-corrected chi connectivity index (χ0v) is 15.6. The van der Waals surface area contributed by atoms with Crippen LogP contribution in [0.15, 0.2) is 52.6 Å². The second-order valence-corrected chi connectivity index (χ2v) is 6.55. The highest BCUT2D eigenvalue weighted by molar-refractivity contribution is 8.18. The molecule has 2 N–H and O–H groups in total. The first kappa shape index (κ1) is 19.4. The number of aliphatic carboxylic acids is 1. The van der Waals surface area contributed by atoms with Crippen LogP contribution in [0.3, 0.4) is 0 Å². The van der Waals surface area contributed by atoms with Crippen LogP contribution in [0.25, 0.3) is 0 Å². The number of ether oxygens (including phenoxy) is 1. The van der Waals surface area contributed by atoms with Gasteiger partial charge in [-0.1, -0.05) is 30.3 Å². The number of carboxylic acids is 1. The van der Waals surface area contributed by atoms with Gasteiger partial charge in [0.15, 0.2) is 16.7 Å². The Labute approximate surface area is 164 Å². The minimum atomic E-state index is -1.23. The molecule has 0 unspecified atom stereocenters. The number of aromatic amines is 1. The molecule has 0 spiro atoms. The van der Waals surface area contributed by atoms with Gasteiger partial charge in [0.1, 0.15) is 0 Å². The van der Waals surface area contributed by atoms with Gasteiger partial charge in [0.05, 0.1) is 24.4 Å². The molecular formula is C18H16N4O5S. The molecule has 3 rings (SSSR count). The molecule has 1 aromatic carbocycles. The van der Waals surface area contributed by atoms with E-state index in [1.807, 2.05) is 30.3 Å². The lowest BCUT2D eigenvalue weighted by Crippen LogP contribution is -2.28. The molecule has 10 heteroatoms. The number of benzene rings is 1. The Morgan fingerprint density at radius 1 is 1.36 bits per heavy atom. The minimum absolute atomic E-state index is 0.0235. The summed E-state index contributed by atoms with van der Waals surface area (Å²) in [6.45, 7) is 2.06. The van der Waals surface area contributed by atoms with Gasteiger partial charge < -0.3 is 14.8 Å². The Hall–Kier alpha value is -3.40. The van der Waals surface area contributed by atoms with Crippen LogP contribution in [-0.2, 0) is 20.9 Å². The minimum Gasteiger partial charge on any atom is -0.478 e. The summed E-state index contributed by atoms with van der Waals surface area (Å²) in [5.41, 5.74) is 0.895. The Kier molecular flexibility index (Phi) is 5.90. The van der Waals surface area contributed by atoms with Gasteiger partial charge in [0, 0.05) is 6.08 Å². The summed E-state index contributed by atoms with van der Waals surface area (Å²) in [5, 5.41) is 9.23. The monoisotopic (exact) mass is 400 g/mol. The van der Waals surface area contributed by atoms with Gasteiger partial charge in [-0.3, -0.25) is 9.69 Å². The summed E-state index contributed by atoms with van der Waals surface area (Å²) in [5.74, 6) is -2.28. The van der Waals surface area contributed by atoms with Crippen LogP contribution < -0.4 is 0 Å². The molecule has 1 saturated heterocycles. The van der Waals surface area contributed by atoms with Crippen molar-refractivity contribution in [1.82, 2.24) is 14.9 Å². The van der Waals surface area contributed by atoms with Crippen molar-refractivity contribution in [2.24, 2.45) is 4.99 Å². The number of amides is 1. The summed E-state index contributed by atoms with van der Waals surface area (Å²) in [6.07, 6.45) is 2.13. The van der Waals surface area contributed by atoms with E-state index in [4.69, 9.17) is 9.84 Å². The van der Waals surface area contributed by atoms with Gasteiger partial charge in [-0.25, -0.2) is 19.6 Å². The Balaban J connectivity index is 1.97. The zero-order chi connectivity index (χ0) is 20.1. The maximum atomic E-state index is 12.7. The van der Waals surface area contributed by atoms with Gasteiger partial charge in [0.25, 0.3) is 5.91 Å². The summed E-state index contributed by atoms with van der Waals surface area (Å²) in [4.78, 5) is 48.1. The molecule has 0 aliphatic carbocycles. The van der Waals surface area contributed by atoms with E-state index >= 15 is 0 Å². The summed E-state index contributed by atoms with van der Waals surface area (Å²) in [6, 6.07) is 9.20. The van der Waals surface area contributed by atoms with Crippen molar-refractivity contribution in [3.8, 4) is 0 Å². The number of carbonyl (C=O) groups excluding carboxylic acids is 2. The highest BCUT2D eigenvalue weighted by Crippen LogP contribution is 2.34. The van der Waals surface area contributed by atoms with E-state index in [1.54, 1.807) is 6.92 Å². The number of H-pyrrole nitrogens is 1. The van der Waals surface area contributed by atoms with E-state index in [-0.39, 0.29) is 34.7 Å². The second-order valence-electron chi connectivity index (χ2n) is 5.54. The molecule has 2 heterocycles. The van der Waals surface area contributed by atoms with Gasteiger partial charge in [-0.05, 0) is 24.2 Å². The number of hydrogen-bond acceptors (Lipinski definition) is 7. The number of thioether (sulfide) groups is 1. The fourth-order valence-corrected chi connectivity index (χ4v) is 3.37. The molecular weight excluding hydrogens is 384 g/mol. The lowest BCUT2D eigenvalue weighted by molar-refractivity contribution is -0.132. The molecule has 0 radical (unpaired) electrons.